The molecule has 2 aliphatic rings. The average molecular weight is 421 g/mol. The van der Waals surface area contributed by atoms with Crippen molar-refractivity contribution < 1.29 is 4.74 Å². The van der Waals surface area contributed by atoms with E-state index in [0.717, 1.165) is 67.0 Å². The zero-order valence-electron chi connectivity index (χ0n) is 17.1. The van der Waals surface area contributed by atoms with Crippen LogP contribution in [0.15, 0.2) is 48.5 Å². The lowest BCUT2D eigenvalue weighted by Crippen LogP contribution is -2.31. The Morgan fingerprint density at radius 1 is 1.07 bits per heavy atom. The monoisotopic (exact) mass is 420 g/mol. The quantitative estimate of drug-likeness (QED) is 0.617. The molecule has 5 rings (SSSR count). The summed E-state index contributed by atoms with van der Waals surface area (Å²) in [6.45, 7) is 6.56. The normalized spacial score (nSPS) is 16.3. The lowest BCUT2D eigenvalue weighted by Gasteiger charge is -2.27. The Bertz CT molecular complexity index is 1100. The number of hydrogen-bond acceptors (Lipinski definition) is 4. The predicted octanol–water partition coefficient (Wildman–Crippen LogP) is 4.63. The van der Waals surface area contributed by atoms with Gasteiger partial charge in [-0.2, -0.15) is 0 Å². The lowest BCUT2D eigenvalue weighted by molar-refractivity contribution is 0.293. The Morgan fingerprint density at radius 3 is 2.80 bits per heavy atom. The van der Waals surface area contributed by atoms with Gasteiger partial charge in [0.15, 0.2) is 5.82 Å². The molecule has 0 saturated heterocycles. The molecular formula is C24H25ClN4O. The van der Waals surface area contributed by atoms with Crippen molar-refractivity contribution in [1.29, 1.82) is 0 Å². The number of aryl methyl sites for hydroxylation is 1. The van der Waals surface area contributed by atoms with Crippen molar-refractivity contribution in [1.82, 2.24) is 19.7 Å². The van der Waals surface area contributed by atoms with Crippen molar-refractivity contribution >= 4 is 17.2 Å². The number of ether oxygens (including phenoxy) is 1. The van der Waals surface area contributed by atoms with Gasteiger partial charge < -0.3 is 9.30 Å². The van der Waals surface area contributed by atoms with Crippen LogP contribution in [0.4, 0.5) is 0 Å². The third-order valence-corrected chi connectivity index (χ3v) is 6.24. The minimum atomic E-state index is 0.644. The molecule has 1 aromatic heterocycles. The van der Waals surface area contributed by atoms with Crippen LogP contribution in [0, 0.1) is 6.92 Å². The molecule has 0 spiro atoms. The Balaban J connectivity index is 1.26. The lowest BCUT2D eigenvalue weighted by atomic mass is 9.95. The molecule has 0 unspecified atom stereocenters. The van der Waals surface area contributed by atoms with Crippen molar-refractivity contribution in [2.75, 3.05) is 26.2 Å². The fraction of sp³-hybridized carbons (Fsp3) is 0.333. The predicted molar refractivity (Wildman–Crippen MR) is 120 cm³/mol. The van der Waals surface area contributed by atoms with E-state index in [1.807, 2.05) is 30.3 Å². The van der Waals surface area contributed by atoms with Gasteiger partial charge in [-0.1, -0.05) is 35.9 Å². The maximum Gasteiger partial charge on any atom is 0.167 e. The summed E-state index contributed by atoms with van der Waals surface area (Å²) in [6, 6.07) is 14.2. The first kappa shape index (κ1) is 19.3. The number of aromatic nitrogens is 3. The highest BCUT2D eigenvalue weighted by atomic mass is 35.5. The Kier molecular flexibility index (Phi) is 5.32. The first-order chi connectivity index (χ1) is 14.7. The van der Waals surface area contributed by atoms with Crippen molar-refractivity contribution in [3.8, 4) is 17.1 Å². The second kappa shape index (κ2) is 8.25. The van der Waals surface area contributed by atoms with Crippen LogP contribution in [-0.4, -0.2) is 45.9 Å². The molecule has 3 aromatic rings. The van der Waals surface area contributed by atoms with Crippen LogP contribution in [0.5, 0.6) is 5.75 Å². The number of para-hydroxylation sites is 1. The number of nitrogens with zero attached hydrogens (tertiary/aromatic N) is 4. The smallest absolute Gasteiger partial charge is 0.167 e. The van der Waals surface area contributed by atoms with E-state index in [0.29, 0.717) is 6.61 Å². The first-order valence-electron chi connectivity index (χ1n) is 10.5. The molecule has 154 valence electrons. The van der Waals surface area contributed by atoms with Crippen LogP contribution in [-0.2, 0) is 13.0 Å². The molecule has 3 heterocycles. The zero-order chi connectivity index (χ0) is 20.5. The van der Waals surface area contributed by atoms with Crippen molar-refractivity contribution in [2.24, 2.45) is 0 Å². The van der Waals surface area contributed by atoms with Gasteiger partial charge in [-0.05, 0) is 54.3 Å². The number of fused-ring (bicyclic) bond motifs is 3. The number of rotatable bonds is 4. The van der Waals surface area contributed by atoms with Crippen LogP contribution < -0.4 is 4.74 Å². The van der Waals surface area contributed by atoms with Crippen LogP contribution in [0.2, 0.25) is 5.02 Å². The highest BCUT2D eigenvalue weighted by molar-refractivity contribution is 6.30. The highest BCUT2D eigenvalue weighted by Gasteiger charge is 2.21. The molecule has 0 aliphatic carbocycles. The van der Waals surface area contributed by atoms with Crippen LogP contribution in [0.1, 0.15) is 23.4 Å². The Hall–Kier alpha value is -2.63. The second-order valence-electron chi connectivity index (χ2n) is 7.93. The van der Waals surface area contributed by atoms with Crippen LogP contribution >= 0.6 is 11.6 Å². The maximum absolute atomic E-state index is 6.11. The minimum Gasteiger partial charge on any atom is -0.491 e. The molecule has 5 nitrogen and oxygen atoms in total. The van der Waals surface area contributed by atoms with Gasteiger partial charge in [0.2, 0.25) is 0 Å². The van der Waals surface area contributed by atoms with Gasteiger partial charge in [0, 0.05) is 31.1 Å². The number of halogens is 1. The average Bonchev–Trinajstić information content (AvgIpc) is 3.06. The van der Waals surface area contributed by atoms with Gasteiger partial charge in [0.05, 0.1) is 12.1 Å². The van der Waals surface area contributed by atoms with E-state index >= 15 is 0 Å². The summed E-state index contributed by atoms with van der Waals surface area (Å²) >= 11 is 6.11. The molecular weight excluding hydrogens is 396 g/mol. The molecule has 0 radical (unpaired) electrons. The van der Waals surface area contributed by atoms with E-state index in [-0.39, 0.29) is 0 Å². The van der Waals surface area contributed by atoms with E-state index in [1.165, 1.54) is 16.7 Å². The number of benzene rings is 2. The Morgan fingerprint density at radius 2 is 1.97 bits per heavy atom. The Labute approximate surface area is 181 Å². The summed E-state index contributed by atoms with van der Waals surface area (Å²) in [4.78, 5) is 2.48. The summed E-state index contributed by atoms with van der Waals surface area (Å²) in [5.41, 5.74) is 5.01. The molecule has 0 fully saturated rings. The van der Waals surface area contributed by atoms with E-state index in [9.17, 15) is 0 Å². The van der Waals surface area contributed by atoms with Gasteiger partial charge in [0.1, 0.15) is 18.2 Å². The summed E-state index contributed by atoms with van der Waals surface area (Å²) in [5, 5.41) is 9.79. The standard InChI is InChI=1S/C24H25ClN4O/c1-17-16-19(25)6-7-20(17)18-8-11-28(12-9-18)13-10-23-26-27-24-21-4-2-3-5-22(21)30-15-14-29(23)24/h2-8,16H,9-15H2,1H3. The molecule has 0 atom stereocenters. The maximum atomic E-state index is 6.11. The molecule has 2 aliphatic heterocycles. The van der Waals surface area contributed by atoms with Crippen molar-refractivity contribution in [3.63, 3.8) is 0 Å². The van der Waals surface area contributed by atoms with Gasteiger partial charge >= 0.3 is 0 Å². The molecule has 0 N–H and O–H groups in total. The highest BCUT2D eigenvalue weighted by Crippen LogP contribution is 2.31. The van der Waals surface area contributed by atoms with E-state index in [4.69, 9.17) is 16.3 Å². The van der Waals surface area contributed by atoms with E-state index < -0.39 is 0 Å². The largest absolute Gasteiger partial charge is 0.491 e. The second-order valence-corrected chi connectivity index (χ2v) is 8.36. The summed E-state index contributed by atoms with van der Waals surface area (Å²) < 4.78 is 8.11. The van der Waals surface area contributed by atoms with E-state index in [2.05, 4.69) is 44.8 Å². The number of hydrogen-bond donors (Lipinski definition) is 0. The topological polar surface area (TPSA) is 43.2 Å². The molecule has 6 heteroatoms. The minimum absolute atomic E-state index is 0.644. The third-order valence-electron chi connectivity index (χ3n) is 6.01. The molecule has 0 saturated carbocycles. The SMILES string of the molecule is Cc1cc(Cl)ccc1C1=CCN(CCc2nnc3n2CCOc2ccccc2-3)CC1. The van der Waals surface area contributed by atoms with Gasteiger partial charge in [0.25, 0.3) is 0 Å². The summed E-state index contributed by atoms with van der Waals surface area (Å²) in [6.07, 6.45) is 4.30. The fourth-order valence-electron chi connectivity index (χ4n) is 4.38. The van der Waals surface area contributed by atoms with Crippen LogP contribution in [0.3, 0.4) is 0 Å². The zero-order valence-corrected chi connectivity index (χ0v) is 17.9. The van der Waals surface area contributed by atoms with Gasteiger partial charge in [-0.25, -0.2) is 0 Å². The fourth-order valence-corrected chi connectivity index (χ4v) is 4.61. The summed E-state index contributed by atoms with van der Waals surface area (Å²) in [7, 11) is 0. The molecule has 0 bridgehead atoms. The third kappa shape index (κ3) is 3.75. The summed E-state index contributed by atoms with van der Waals surface area (Å²) in [5.74, 6) is 2.84. The van der Waals surface area contributed by atoms with Gasteiger partial charge in [-0.15, -0.1) is 10.2 Å². The van der Waals surface area contributed by atoms with Crippen molar-refractivity contribution in [3.05, 3.63) is 70.5 Å². The van der Waals surface area contributed by atoms with E-state index in [1.54, 1.807) is 0 Å². The molecule has 2 aromatic carbocycles. The molecule has 0 amide bonds. The van der Waals surface area contributed by atoms with Crippen LogP contribution in [0.25, 0.3) is 17.0 Å². The first-order valence-corrected chi connectivity index (χ1v) is 10.9. The van der Waals surface area contributed by atoms with Crippen molar-refractivity contribution in [2.45, 2.75) is 26.3 Å². The molecule has 30 heavy (non-hydrogen) atoms. The van der Waals surface area contributed by atoms with Gasteiger partial charge in [-0.3, -0.25) is 4.90 Å².